The molecule has 1 amide bonds. The van der Waals surface area contributed by atoms with Crippen LogP contribution in [0.3, 0.4) is 0 Å². The van der Waals surface area contributed by atoms with E-state index in [4.69, 9.17) is 4.42 Å². The van der Waals surface area contributed by atoms with E-state index in [1.54, 1.807) is 17.0 Å². The third-order valence-corrected chi connectivity index (χ3v) is 4.72. The van der Waals surface area contributed by atoms with Crippen LogP contribution in [0.1, 0.15) is 23.8 Å². The second kappa shape index (κ2) is 7.52. The highest BCUT2D eigenvalue weighted by Crippen LogP contribution is 2.24. The maximum Gasteiger partial charge on any atom is 0.233 e. The molecule has 7 nitrogen and oxygen atoms in total. The minimum absolute atomic E-state index is 0.100. The summed E-state index contributed by atoms with van der Waals surface area (Å²) in [6, 6.07) is 9.67. The molecule has 1 N–H and O–H groups in total. The van der Waals surface area contributed by atoms with Gasteiger partial charge in [-0.05, 0) is 55.0 Å². The Morgan fingerprint density at radius 1 is 1.36 bits per heavy atom. The van der Waals surface area contributed by atoms with Gasteiger partial charge in [-0.1, -0.05) is 29.5 Å². The van der Waals surface area contributed by atoms with Crippen molar-refractivity contribution < 1.29 is 9.21 Å². The van der Waals surface area contributed by atoms with Crippen molar-refractivity contribution in [2.24, 2.45) is 0 Å². The molecule has 3 rings (SSSR count). The van der Waals surface area contributed by atoms with Gasteiger partial charge in [0.1, 0.15) is 5.76 Å². The first-order chi connectivity index (χ1) is 12.0. The molecule has 0 aliphatic carbocycles. The molecular weight excluding hydrogens is 338 g/mol. The normalized spacial score (nSPS) is 12.1. The van der Waals surface area contributed by atoms with E-state index in [2.05, 4.69) is 26.9 Å². The topological polar surface area (TPSA) is 85.8 Å². The summed E-state index contributed by atoms with van der Waals surface area (Å²) < 4.78 is 6.87. The molecule has 0 spiro atoms. The van der Waals surface area contributed by atoms with Crippen LogP contribution in [0.5, 0.6) is 0 Å². The van der Waals surface area contributed by atoms with E-state index in [0.29, 0.717) is 17.5 Å². The number of furan rings is 1. The Hall–Kier alpha value is -2.61. The Labute approximate surface area is 149 Å². The Morgan fingerprint density at radius 3 is 2.92 bits per heavy atom. The molecular formula is C17H19N5O2S. The smallest absolute Gasteiger partial charge is 0.233 e. The molecule has 2 heterocycles. The number of carbonyl (C=O) groups is 1. The summed E-state index contributed by atoms with van der Waals surface area (Å²) in [5.74, 6) is 0.613. The van der Waals surface area contributed by atoms with Crippen molar-refractivity contribution in [3.05, 3.63) is 53.5 Å². The molecule has 0 aliphatic rings. The van der Waals surface area contributed by atoms with Crippen molar-refractivity contribution in [2.75, 3.05) is 0 Å². The minimum atomic E-state index is -0.342. The lowest BCUT2D eigenvalue weighted by atomic mass is 10.1. The van der Waals surface area contributed by atoms with Crippen molar-refractivity contribution in [1.82, 2.24) is 25.5 Å². The fraction of sp³-hybridized carbons (Fsp3) is 0.294. The Morgan fingerprint density at radius 2 is 2.20 bits per heavy atom. The minimum Gasteiger partial charge on any atom is -0.467 e. The Kier molecular flexibility index (Phi) is 5.18. The lowest BCUT2D eigenvalue weighted by Gasteiger charge is -2.12. The maximum atomic E-state index is 12.3. The van der Waals surface area contributed by atoms with Crippen LogP contribution in [0.2, 0.25) is 0 Å². The molecule has 0 radical (unpaired) electrons. The molecule has 0 fully saturated rings. The van der Waals surface area contributed by atoms with Crippen molar-refractivity contribution in [3.8, 4) is 5.69 Å². The van der Waals surface area contributed by atoms with Crippen LogP contribution in [0.15, 0.2) is 46.2 Å². The molecule has 0 saturated carbocycles. The number of nitrogens with zero attached hydrogens (tertiary/aromatic N) is 4. The monoisotopic (exact) mass is 357 g/mol. The molecule has 2 aromatic heterocycles. The first-order valence-electron chi connectivity index (χ1n) is 7.87. The summed E-state index contributed by atoms with van der Waals surface area (Å²) in [6.07, 6.45) is 1.58. The molecule has 3 aromatic rings. The molecule has 0 saturated heterocycles. The maximum absolute atomic E-state index is 12.3. The SMILES string of the molecule is Cc1ccc(-n2nnnc2S[C@H](C)C(=O)NCc2ccco2)c(C)c1. The summed E-state index contributed by atoms with van der Waals surface area (Å²) in [5, 5.41) is 15.0. The quantitative estimate of drug-likeness (QED) is 0.683. The summed E-state index contributed by atoms with van der Waals surface area (Å²) in [5.41, 5.74) is 3.15. The Bertz CT molecular complexity index is 860. The van der Waals surface area contributed by atoms with Crippen molar-refractivity contribution >= 4 is 17.7 Å². The van der Waals surface area contributed by atoms with Gasteiger partial charge in [0.05, 0.1) is 23.7 Å². The number of aryl methyl sites for hydroxylation is 2. The zero-order valence-electron chi connectivity index (χ0n) is 14.3. The largest absolute Gasteiger partial charge is 0.467 e. The molecule has 130 valence electrons. The van der Waals surface area contributed by atoms with Crippen molar-refractivity contribution in [1.29, 1.82) is 0 Å². The van der Waals surface area contributed by atoms with E-state index in [1.165, 1.54) is 17.3 Å². The van der Waals surface area contributed by atoms with E-state index in [0.717, 1.165) is 11.3 Å². The predicted octanol–water partition coefficient (Wildman–Crippen LogP) is 2.67. The van der Waals surface area contributed by atoms with Crippen molar-refractivity contribution in [2.45, 2.75) is 37.7 Å². The lowest BCUT2D eigenvalue weighted by molar-refractivity contribution is -0.120. The lowest BCUT2D eigenvalue weighted by Crippen LogP contribution is -2.30. The average molecular weight is 357 g/mol. The summed E-state index contributed by atoms with van der Waals surface area (Å²) in [7, 11) is 0. The highest BCUT2D eigenvalue weighted by molar-refractivity contribution is 8.00. The number of aromatic nitrogens is 4. The number of tetrazole rings is 1. The second-order valence-electron chi connectivity index (χ2n) is 5.72. The molecule has 8 heteroatoms. The van der Waals surface area contributed by atoms with E-state index in [9.17, 15) is 4.79 Å². The van der Waals surface area contributed by atoms with Gasteiger partial charge >= 0.3 is 0 Å². The van der Waals surface area contributed by atoms with Crippen LogP contribution in [0.4, 0.5) is 0 Å². The van der Waals surface area contributed by atoms with Crippen LogP contribution in [-0.2, 0) is 11.3 Å². The van der Waals surface area contributed by atoms with Crippen LogP contribution >= 0.6 is 11.8 Å². The third kappa shape index (κ3) is 4.08. The molecule has 1 aromatic carbocycles. The van der Waals surface area contributed by atoms with Crippen LogP contribution in [0.25, 0.3) is 5.69 Å². The van der Waals surface area contributed by atoms with Gasteiger partial charge in [0.15, 0.2) is 0 Å². The number of nitrogens with one attached hydrogen (secondary N) is 1. The van der Waals surface area contributed by atoms with E-state index in [1.807, 2.05) is 39.0 Å². The van der Waals surface area contributed by atoms with Gasteiger partial charge in [-0.3, -0.25) is 4.79 Å². The second-order valence-corrected chi connectivity index (χ2v) is 7.03. The predicted molar refractivity (Wildman–Crippen MR) is 94.5 cm³/mol. The molecule has 1 atom stereocenters. The number of hydrogen-bond acceptors (Lipinski definition) is 6. The fourth-order valence-corrected chi connectivity index (χ4v) is 3.21. The fourth-order valence-electron chi connectivity index (χ4n) is 2.39. The average Bonchev–Trinajstić information content (AvgIpc) is 3.24. The van der Waals surface area contributed by atoms with Gasteiger partial charge in [0.2, 0.25) is 11.1 Å². The summed E-state index contributed by atoms with van der Waals surface area (Å²) >= 11 is 1.31. The summed E-state index contributed by atoms with van der Waals surface area (Å²) in [4.78, 5) is 12.3. The van der Waals surface area contributed by atoms with E-state index in [-0.39, 0.29) is 11.2 Å². The number of thioether (sulfide) groups is 1. The van der Waals surface area contributed by atoms with Crippen LogP contribution < -0.4 is 5.32 Å². The van der Waals surface area contributed by atoms with Gasteiger partial charge in [0, 0.05) is 0 Å². The van der Waals surface area contributed by atoms with E-state index < -0.39 is 0 Å². The Balaban J connectivity index is 1.69. The van der Waals surface area contributed by atoms with E-state index >= 15 is 0 Å². The van der Waals surface area contributed by atoms with Gasteiger partial charge in [-0.25, -0.2) is 0 Å². The van der Waals surface area contributed by atoms with Gasteiger partial charge in [-0.15, -0.1) is 5.10 Å². The number of carbonyl (C=O) groups excluding carboxylic acids is 1. The molecule has 0 bridgehead atoms. The van der Waals surface area contributed by atoms with Gasteiger partial charge in [-0.2, -0.15) is 4.68 Å². The first kappa shape index (κ1) is 17.2. The number of hydrogen-bond donors (Lipinski definition) is 1. The number of amides is 1. The molecule has 0 unspecified atom stereocenters. The van der Waals surface area contributed by atoms with Crippen molar-refractivity contribution in [3.63, 3.8) is 0 Å². The molecule has 25 heavy (non-hydrogen) atoms. The van der Waals surface area contributed by atoms with Gasteiger partial charge in [0.25, 0.3) is 0 Å². The summed E-state index contributed by atoms with van der Waals surface area (Å²) in [6.45, 7) is 6.23. The number of benzene rings is 1. The van der Waals surface area contributed by atoms with Crippen LogP contribution in [0, 0.1) is 13.8 Å². The highest BCUT2D eigenvalue weighted by Gasteiger charge is 2.20. The van der Waals surface area contributed by atoms with Crippen LogP contribution in [-0.4, -0.2) is 31.4 Å². The first-order valence-corrected chi connectivity index (χ1v) is 8.75. The highest BCUT2D eigenvalue weighted by atomic mass is 32.2. The zero-order valence-corrected chi connectivity index (χ0v) is 15.1. The molecule has 0 aliphatic heterocycles. The zero-order chi connectivity index (χ0) is 17.8. The van der Waals surface area contributed by atoms with Gasteiger partial charge < -0.3 is 9.73 Å². The third-order valence-electron chi connectivity index (χ3n) is 3.69. The standard InChI is InChI=1S/C17H19N5O2S/c1-11-6-7-15(12(2)9-11)22-17(19-20-21-22)25-13(3)16(23)18-10-14-5-4-8-24-14/h4-9,13H,10H2,1-3H3,(H,18,23)/t13-/m1/s1. The number of rotatable bonds is 6.